The highest BCUT2D eigenvalue weighted by Gasteiger charge is 2.50. The SMILES string of the molecule is Nc1nnc(CC2(C(=O)O)OCCNC2=O)c(C2CCOCC2)n1. The molecule has 2 fully saturated rings. The first kappa shape index (κ1) is 16.5. The van der Waals surface area contributed by atoms with Crippen LogP contribution in [0.4, 0.5) is 5.95 Å². The number of nitrogen functional groups attached to an aromatic ring is 1. The molecule has 1 atom stereocenters. The molecule has 1 amide bonds. The van der Waals surface area contributed by atoms with Gasteiger partial charge in [-0.2, -0.15) is 0 Å². The molecule has 0 spiro atoms. The molecule has 1 aromatic heterocycles. The quantitative estimate of drug-likeness (QED) is 0.579. The lowest BCUT2D eigenvalue weighted by molar-refractivity contribution is -0.178. The van der Waals surface area contributed by atoms with Gasteiger partial charge in [0.15, 0.2) is 0 Å². The Bertz CT molecular complexity index is 648. The Labute approximate surface area is 137 Å². The van der Waals surface area contributed by atoms with Gasteiger partial charge < -0.3 is 25.6 Å². The highest BCUT2D eigenvalue weighted by Crippen LogP contribution is 2.30. The van der Waals surface area contributed by atoms with Gasteiger partial charge in [0, 0.05) is 32.1 Å². The number of amides is 1. The van der Waals surface area contributed by atoms with Crippen molar-refractivity contribution < 1.29 is 24.2 Å². The summed E-state index contributed by atoms with van der Waals surface area (Å²) in [5.41, 5.74) is 4.50. The number of anilines is 1. The van der Waals surface area contributed by atoms with Gasteiger partial charge in [0.1, 0.15) is 0 Å². The summed E-state index contributed by atoms with van der Waals surface area (Å²) in [5.74, 6) is -2.02. The van der Waals surface area contributed by atoms with Crippen molar-refractivity contribution in [1.29, 1.82) is 0 Å². The zero-order valence-corrected chi connectivity index (χ0v) is 13.0. The number of carboxylic acid groups (broad SMARTS) is 1. The normalized spacial score (nSPS) is 25.2. The van der Waals surface area contributed by atoms with E-state index in [1.165, 1.54) is 0 Å². The van der Waals surface area contributed by atoms with Gasteiger partial charge in [-0.3, -0.25) is 4.79 Å². The van der Waals surface area contributed by atoms with E-state index in [1.807, 2.05) is 0 Å². The molecule has 3 heterocycles. The molecule has 1 unspecified atom stereocenters. The van der Waals surface area contributed by atoms with Crippen LogP contribution in [0.25, 0.3) is 0 Å². The van der Waals surface area contributed by atoms with Crippen molar-refractivity contribution >= 4 is 17.8 Å². The van der Waals surface area contributed by atoms with Crippen LogP contribution in [0.5, 0.6) is 0 Å². The molecule has 4 N–H and O–H groups in total. The predicted octanol–water partition coefficient (Wildman–Crippen LogP) is -1.14. The Morgan fingerprint density at radius 2 is 2.08 bits per heavy atom. The number of morpholine rings is 1. The fraction of sp³-hybridized carbons (Fsp3) is 0.643. The lowest BCUT2D eigenvalue weighted by Gasteiger charge is -2.32. The molecule has 1 aromatic rings. The van der Waals surface area contributed by atoms with Crippen molar-refractivity contribution in [2.75, 3.05) is 32.1 Å². The second-order valence-corrected chi connectivity index (χ2v) is 5.80. The molecule has 10 nitrogen and oxygen atoms in total. The molecule has 3 rings (SSSR count). The summed E-state index contributed by atoms with van der Waals surface area (Å²) in [4.78, 5) is 28.2. The third kappa shape index (κ3) is 3.02. The number of nitrogens with one attached hydrogen (secondary N) is 1. The molecular weight excluding hydrogens is 318 g/mol. The maximum Gasteiger partial charge on any atom is 0.346 e. The van der Waals surface area contributed by atoms with Crippen molar-refractivity contribution in [3.63, 3.8) is 0 Å². The molecule has 24 heavy (non-hydrogen) atoms. The summed E-state index contributed by atoms with van der Waals surface area (Å²) < 4.78 is 10.7. The Balaban J connectivity index is 1.96. The summed E-state index contributed by atoms with van der Waals surface area (Å²) in [6.07, 6.45) is 1.19. The van der Waals surface area contributed by atoms with Gasteiger partial charge in [-0.05, 0) is 12.8 Å². The van der Waals surface area contributed by atoms with Gasteiger partial charge in [0.2, 0.25) is 11.5 Å². The standard InChI is InChI=1S/C14H19N5O5/c15-13-17-10(8-1-4-23-5-2-8)9(18-19-13)7-14(12(21)22)11(20)16-3-6-24-14/h8H,1-7H2,(H,16,20)(H,21,22)(H2,15,17,19). The van der Waals surface area contributed by atoms with E-state index < -0.39 is 17.5 Å². The maximum atomic E-state index is 12.2. The fourth-order valence-corrected chi connectivity index (χ4v) is 3.00. The van der Waals surface area contributed by atoms with Gasteiger partial charge in [-0.1, -0.05) is 0 Å². The van der Waals surface area contributed by atoms with Gasteiger partial charge in [0.25, 0.3) is 5.91 Å². The Morgan fingerprint density at radius 3 is 2.75 bits per heavy atom. The van der Waals surface area contributed by atoms with Gasteiger partial charge in [-0.25, -0.2) is 9.78 Å². The van der Waals surface area contributed by atoms with Crippen LogP contribution < -0.4 is 11.1 Å². The number of nitrogens with zero attached hydrogens (tertiary/aromatic N) is 3. The van der Waals surface area contributed by atoms with E-state index in [0.717, 1.165) is 12.8 Å². The number of rotatable bonds is 4. The van der Waals surface area contributed by atoms with Crippen LogP contribution >= 0.6 is 0 Å². The summed E-state index contributed by atoms with van der Waals surface area (Å²) in [5, 5.41) is 19.8. The topological polar surface area (TPSA) is 150 Å². The molecule has 2 aliphatic rings. The minimum absolute atomic E-state index is 0.0126. The zero-order valence-electron chi connectivity index (χ0n) is 13.0. The van der Waals surface area contributed by atoms with Gasteiger partial charge >= 0.3 is 5.97 Å². The van der Waals surface area contributed by atoms with Crippen molar-refractivity contribution in [2.45, 2.75) is 30.8 Å². The van der Waals surface area contributed by atoms with Crippen LogP contribution in [-0.4, -0.2) is 64.1 Å². The van der Waals surface area contributed by atoms with E-state index in [-0.39, 0.29) is 31.4 Å². The molecule has 2 saturated heterocycles. The van der Waals surface area contributed by atoms with Crippen molar-refractivity contribution in [2.24, 2.45) is 0 Å². The second-order valence-electron chi connectivity index (χ2n) is 5.80. The number of aromatic nitrogens is 3. The molecule has 0 aromatic carbocycles. The van der Waals surface area contributed by atoms with E-state index in [2.05, 4.69) is 20.5 Å². The summed E-state index contributed by atoms with van der Waals surface area (Å²) in [6, 6.07) is 0. The van der Waals surface area contributed by atoms with Gasteiger partial charge in [0.05, 0.1) is 18.0 Å². The Hall–Kier alpha value is -2.33. The van der Waals surface area contributed by atoms with Crippen LogP contribution in [0.15, 0.2) is 0 Å². The van der Waals surface area contributed by atoms with E-state index >= 15 is 0 Å². The van der Waals surface area contributed by atoms with Crippen LogP contribution in [0.3, 0.4) is 0 Å². The average Bonchev–Trinajstić information content (AvgIpc) is 2.59. The maximum absolute atomic E-state index is 12.2. The number of nitrogens with two attached hydrogens (primary N) is 1. The predicted molar refractivity (Wildman–Crippen MR) is 80.1 cm³/mol. The minimum atomic E-state index is -2.02. The lowest BCUT2D eigenvalue weighted by atomic mass is 9.89. The number of aliphatic carboxylic acids is 1. The van der Waals surface area contributed by atoms with Crippen LogP contribution in [0.1, 0.15) is 30.1 Å². The molecule has 130 valence electrons. The molecule has 0 aliphatic carbocycles. The monoisotopic (exact) mass is 337 g/mol. The molecule has 0 radical (unpaired) electrons. The average molecular weight is 337 g/mol. The van der Waals surface area contributed by atoms with Crippen molar-refractivity contribution in [3.05, 3.63) is 11.4 Å². The largest absolute Gasteiger partial charge is 0.479 e. The highest BCUT2D eigenvalue weighted by atomic mass is 16.5. The fourth-order valence-electron chi connectivity index (χ4n) is 3.00. The Morgan fingerprint density at radius 1 is 1.33 bits per heavy atom. The van der Waals surface area contributed by atoms with Crippen LogP contribution in [0.2, 0.25) is 0 Å². The third-order valence-electron chi connectivity index (χ3n) is 4.28. The van der Waals surface area contributed by atoms with Crippen molar-refractivity contribution in [3.8, 4) is 0 Å². The number of hydrogen-bond donors (Lipinski definition) is 3. The zero-order chi connectivity index (χ0) is 17.2. The number of ether oxygens (including phenoxy) is 2. The first-order chi connectivity index (χ1) is 11.5. The van der Waals surface area contributed by atoms with Crippen LogP contribution in [-0.2, 0) is 25.5 Å². The third-order valence-corrected chi connectivity index (χ3v) is 4.28. The summed E-state index contributed by atoms with van der Waals surface area (Å²) >= 11 is 0. The second kappa shape index (κ2) is 6.65. The number of hydrogen-bond acceptors (Lipinski definition) is 8. The van der Waals surface area contributed by atoms with E-state index in [0.29, 0.717) is 24.6 Å². The van der Waals surface area contributed by atoms with Gasteiger partial charge in [-0.15, -0.1) is 10.2 Å². The van der Waals surface area contributed by atoms with E-state index in [9.17, 15) is 14.7 Å². The summed E-state index contributed by atoms with van der Waals surface area (Å²) in [6.45, 7) is 1.54. The number of carbonyl (C=O) groups excluding carboxylic acids is 1. The molecule has 2 aliphatic heterocycles. The number of carboxylic acids is 1. The minimum Gasteiger partial charge on any atom is -0.479 e. The van der Waals surface area contributed by atoms with E-state index in [4.69, 9.17) is 15.2 Å². The molecule has 0 saturated carbocycles. The first-order valence-corrected chi connectivity index (χ1v) is 7.75. The van der Waals surface area contributed by atoms with Crippen molar-refractivity contribution in [1.82, 2.24) is 20.5 Å². The summed E-state index contributed by atoms with van der Waals surface area (Å²) in [7, 11) is 0. The van der Waals surface area contributed by atoms with E-state index in [1.54, 1.807) is 0 Å². The van der Waals surface area contributed by atoms with Crippen LogP contribution in [0, 0.1) is 0 Å². The first-order valence-electron chi connectivity index (χ1n) is 7.75. The lowest BCUT2D eigenvalue weighted by Crippen LogP contribution is -2.61. The molecule has 0 bridgehead atoms. The number of carbonyl (C=O) groups is 2. The molecular formula is C14H19N5O5. The Kier molecular flexibility index (Phi) is 4.58. The smallest absolute Gasteiger partial charge is 0.346 e. The highest BCUT2D eigenvalue weighted by molar-refractivity contribution is 6.06. The molecule has 10 heteroatoms.